The molecule has 0 bridgehead atoms. The van der Waals surface area contributed by atoms with Crippen molar-refractivity contribution in [3.05, 3.63) is 53.1 Å². The molecule has 1 aromatic heterocycles. The highest BCUT2D eigenvalue weighted by atomic mass is 19.1. The maximum absolute atomic E-state index is 13.2. The second-order valence-electron chi connectivity index (χ2n) is 7.20. The van der Waals surface area contributed by atoms with Gasteiger partial charge < -0.3 is 20.6 Å². The van der Waals surface area contributed by atoms with E-state index in [2.05, 4.69) is 20.6 Å². The average molecular weight is 387 g/mol. The lowest BCUT2D eigenvalue weighted by Crippen LogP contribution is -2.44. The van der Waals surface area contributed by atoms with E-state index in [0.29, 0.717) is 31.9 Å². The van der Waals surface area contributed by atoms with Crippen LogP contribution in [0, 0.1) is 5.82 Å². The van der Waals surface area contributed by atoms with E-state index in [1.54, 1.807) is 17.0 Å². The smallest absolute Gasteiger partial charge is 0.318 e. The number of nitrogens with one attached hydrogen (secondary N) is 2. The Morgan fingerprint density at radius 1 is 1.32 bits per heavy atom. The first kappa shape index (κ1) is 20.0. The highest BCUT2D eigenvalue weighted by Gasteiger charge is 2.25. The Balaban J connectivity index is 1.69. The molecule has 0 saturated heterocycles. The van der Waals surface area contributed by atoms with Gasteiger partial charge in [-0.1, -0.05) is 12.1 Å². The van der Waals surface area contributed by atoms with Crippen LogP contribution in [0.25, 0.3) is 0 Å². The number of halogens is 1. The number of carbonyl (C=O) groups is 1. The molecule has 28 heavy (non-hydrogen) atoms. The van der Waals surface area contributed by atoms with Crippen LogP contribution in [0.5, 0.6) is 0 Å². The zero-order chi connectivity index (χ0) is 20.1. The normalized spacial score (nSPS) is 14.5. The fraction of sp³-hybridized carbons (Fsp3) is 0.450. The van der Waals surface area contributed by atoms with Gasteiger partial charge in [0.05, 0.1) is 18.3 Å². The molecular formula is C20H26FN5O2. The predicted molar refractivity (Wildman–Crippen MR) is 104 cm³/mol. The van der Waals surface area contributed by atoms with Gasteiger partial charge in [-0.15, -0.1) is 0 Å². The maximum Gasteiger partial charge on any atom is 0.318 e. The molecule has 2 aromatic rings. The van der Waals surface area contributed by atoms with Gasteiger partial charge >= 0.3 is 6.03 Å². The number of rotatable bonds is 6. The minimum Gasteiger partial charge on any atom is -0.396 e. The summed E-state index contributed by atoms with van der Waals surface area (Å²) in [6, 6.07) is 5.55. The maximum atomic E-state index is 13.2. The third kappa shape index (κ3) is 4.95. The van der Waals surface area contributed by atoms with Crippen LogP contribution in [0.1, 0.15) is 43.1 Å². The lowest BCUT2D eigenvalue weighted by atomic mass is 10.0. The van der Waals surface area contributed by atoms with Crippen LogP contribution in [-0.2, 0) is 13.0 Å². The topological polar surface area (TPSA) is 90.4 Å². The van der Waals surface area contributed by atoms with Crippen molar-refractivity contribution in [2.24, 2.45) is 0 Å². The summed E-state index contributed by atoms with van der Waals surface area (Å²) in [6.45, 7) is 4.90. The number of aromatic nitrogens is 2. The molecule has 2 amide bonds. The minimum absolute atomic E-state index is 0.0807. The van der Waals surface area contributed by atoms with Crippen LogP contribution < -0.4 is 10.6 Å². The molecule has 1 aromatic carbocycles. The van der Waals surface area contributed by atoms with E-state index in [0.717, 1.165) is 16.8 Å². The Hall–Kier alpha value is -2.74. The number of aliphatic hydroxyl groups excluding tert-OH is 1. The molecule has 1 atom stereocenters. The number of urea groups is 1. The van der Waals surface area contributed by atoms with Crippen LogP contribution in [0.3, 0.4) is 0 Å². The summed E-state index contributed by atoms with van der Waals surface area (Å²) < 4.78 is 13.2. The van der Waals surface area contributed by atoms with Crippen molar-refractivity contribution in [3.63, 3.8) is 0 Å². The minimum atomic E-state index is -0.386. The van der Waals surface area contributed by atoms with Gasteiger partial charge in [0.1, 0.15) is 5.82 Å². The van der Waals surface area contributed by atoms with Gasteiger partial charge in [0.25, 0.3) is 0 Å². The van der Waals surface area contributed by atoms with E-state index < -0.39 is 0 Å². The number of hydrogen-bond acceptors (Lipinski definition) is 5. The number of hydrogen-bond donors (Lipinski definition) is 3. The lowest BCUT2D eigenvalue weighted by molar-refractivity contribution is 0.183. The summed E-state index contributed by atoms with van der Waals surface area (Å²) in [5, 5.41) is 15.5. The van der Waals surface area contributed by atoms with Gasteiger partial charge in [-0.2, -0.15) is 0 Å². The third-order valence-corrected chi connectivity index (χ3v) is 4.64. The second kappa shape index (κ2) is 8.97. The van der Waals surface area contributed by atoms with E-state index in [1.807, 2.05) is 20.0 Å². The number of fused-ring (bicyclic) bond motifs is 1. The summed E-state index contributed by atoms with van der Waals surface area (Å²) in [6.07, 6.45) is 2.85. The van der Waals surface area contributed by atoms with Gasteiger partial charge in [-0.3, -0.25) is 0 Å². The Kier molecular flexibility index (Phi) is 6.41. The molecule has 0 radical (unpaired) electrons. The zero-order valence-electron chi connectivity index (χ0n) is 16.2. The lowest BCUT2D eigenvalue weighted by Gasteiger charge is -2.30. The number of anilines is 1. The summed E-state index contributed by atoms with van der Waals surface area (Å²) in [5.41, 5.74) is 2.63. The fourth-order valence-electron chi connectivity index (χ4n) is 3.19. The average Bonchev–Trinajstić information content (AvgIpc) is 2.67. The standard InChI is InChI=1S/C20H26FN5O2/c1-13(2)23-19-22-11-15-7-9-26(12-18(15)24-19)20(28)25-17(8-10-27)14-3-5-16(21)6-4-14/h3-6,11,13,17,27H,7-10,12H2,1-2H3,(H,25,28)(H,22,23,24)/t17-/m1/s1. The molecule has 3 rings (SSSR count). The summed E-state index contributed by atoms with van der Waals surface area (Å²) >= 11 is 0. The van der Waals surface area contributed by atoms with Crippen LogP contribution in [0.15, 0.2) is 30.5 Å². The van der Waals surface area contributed by atoms with Crippen LogP contribution in [-0.4, -0.2) is 45.2 Å². The first-order valence-corrected chi connectivity index (χ1v) is 9.49. The van der Waals surface area contributed by atoms with Gasteiger partial charge in [-0.25, -0.2) is 19.2 Å². The molecule has 0 aliphatic carbocycles. The molecule has 1 aliphatic heterocycles. The third-order valence-electron chi connectivity index (χ3n) is 4.64. The molecular weight excluding hydrogens is 361 g/mol. The highest BCUT2D eigenvalue weighted by Crippen LogP contribution is 2.21. The Morgan fingerprint density at radius 2 is 2.07 bits per heavy atom. The largest absolute Gasteiger partial charge is 0.396 e. The van der Waals surface area contributed by atoms with Crippen molar-refractivity contribution >= 4 is 12.0 Å². The Morgan fingerprint density at radius 3 is 2.75 bits per heavy atom. The first-order valence-electron chi connectivity index (χ1n) is 9.49. The zero-order valence-corrected chi connectivity index (χ0v) is 16.2. The van der Waals surface area contributed by atoms with E-state index in [4.69, 9.17) is 0 Å². The van der Waals surface area contributed by atoms with Crippen molar-refractivity contribution in [1.29, 1.82) is 0 Å². The fourth-order valence-corrected chi connectivity index (χ4v) is 3.19. The molecule has 2 heterocycles. The highest BCUT2D eigenvalue weighted by molar-refractivity contribution is 5.75. The van der Waals surface area contributed by atoms with Crippen molar-refractivity contribution in [3.8, 4) is 0 Å². The Labute approximate surface area is 164 Å². The summed E-state index contributed by atoms with van der Waals surface area (Å²) in [5.74, 6) is 0.219. The summed E-state index contributed by atoms with van der Waals surface area (Å²) in [4.78, 5) is 23.4. The van der Waals surface area contributed by atoms with Gasteiger partial charge in [0, 0.05) is 25.4 Å². The van der Waals surface area contributed by atoms with Crippen LogP contribution in [0.4, 0.5) is 15.1 Å². The number of benzene rings is 1. The molecule has 8 heteroatoms. The SMILES string of the molecule is CC(C)Nc1ncc2c(n1)CN(C(=O)N[C@H](CCO)c1ccc(F)cc1)CC2. The van der Waals surface area contributed by atoms with E-state index >= 15 is 0 Å². The first-order chi connectivity index (χ1) is 13.5. The van der Waals surface area contributed by atoms with Gasteiger partial charge in [0.2, 0.25) is 5.95 Å². The molecule has 0 fully saturated rings. The van der Waals surface area contributed by atoms with Gasteiger partial charge in [-0.05, 0) is 49.9 Å². The number of nitrogens with zero attached hydrogens (tertiary/aromatic N) is 3. The number of carbonyl (C=O) groups excluding carboxylic acids is 1. The van der Waals surface area contributed by atoms with Crippen LogP contribution >= 0.6 is 0 Å². The molecule has 150 valence electrons. The predicted octanol–water partition coefficient (Wildman–Crippen LogP) is 2.63. The Bertz CT molecular complexity index is 813. The molecule has 7 nitrogen and oxygen atoms in total. The molecule has 3 N–H and O–H groups in total. The molecule has 0 unspecified atom stereocenters. The van der Waals surface area contributed by atoms with E-state index in [9.17, 15) is 14.3 Å². The van der Waals surface area contributed by atoms with Crippen molar-refractivity contribution in [2.45, 2.75) is 45.3 Å². The van der Waals surface area contributed by atoms with Crippen molar-refractivity contribution in [2.75, 3.05) is 18.5 Å². The van der Waals surface area contributed by atoms with Crippen LogP contribution in [0.2, 0.25) is 0 Å². The molecule has 0 spiro atoms. The monoisotopic (exact) mass is 387 g/mol. The quantitative estimate of drug-likeness (QED) is 0.709. The second-order valence-corrected chi connectivity index (χ2v) is 7.20. The van der Waals surface area contributed by atoms with Gasteiger partial charge in [0.15, 0.2) is 0 Å². The number of aliphatic hydroxyl groups is 1. The van der Waals surface area contributed by atoms with E-state index in [-0.39, 0.29) is 30.5 Å². The van der Waals surface area contributed by atoms with Crippen molar-refractivity contribution < 1.29 is 14.3 Å². The van der Waals surface area contributed by atoms with E-state index in [1.165, 1.54) is 12.1 Å². The summed E-state index contributed by atoms with van der Waals surface area (Å²) in [7, 11) is 0. The molecule has 1 aliphatic rings. The molecule has 0 saturated carbocycles. The van der Waals surface area contributed by atoms with Crippen molar-refractivity contribution in [1.82, 2.24) is 20.2 Å². The number of amides is 2.